The van der Waals surface area contributed by atoms with Crippen molar-refractivity contribution in [3.8, 4) is 0 Å². The molecule has 1 aliphatic heterocycles. The molecule has 1 saturated carbocycles. The quantitative estimate of drug-likeness (QED) is 0.492. The van der Waals surface area contributed by atoms with E-state index in [1.165, 1.54) is 25.7 Å². The van der Waals surface area contributed by atoms with Crippen molar-refractivity contribution < 1.29 is 4.74 Å². The topological polar surface area (TPSA) is 12.5 Å². The second-order valence-electron chi connectivity index (χ2n) is 3.40. The number of epoxide rings is 1. The average molecular weight is 284 g/mol. The summed E-state index contributed by atoms with van der Waals surface area (Å²) in [4.78, 5) is 1.29. The van der Waals surface area contributed by atoms with Gasteiger partial charge in [-0.15, -0.1) is 0 Å². The molecule has 1 nitrogen and oxygen atoms in total. The summed E-state index contributed by atoms with van der Waals surface area (Å²) in [7, 11) is 0. The fraction of sp³-hybridized carbons (Fsp3) is 1.00. The summed E-state index contributed by atoms with van der Waals surface area (Å²) in [5.74, 6) is 0. The number of hydrogen-bond acceptors (Lipinski definition) is 1. The third-order valence-corrected chi connectivity index (χ3v) is 5.44. The Hall–Kier alpha value is 0.920. The van der Waals surface area contributed by atoms with Gasteiger partial charge in [0.05, 0.1) is 12.2 Å². The van der Waals surface area contributed by atoms with Gasteiger partial charge in [-0.05, 0) is 25.7 Å². The van der Waals surface area contributed by atoms with E-state index in [0.717, 1.165) is 0 Å². The van der Waals surface area contributed by atoms with Crippen LogP contribution in [0.2, 0.25) is 0 Å². The molecule has 11 heavy (non-hydrogen) atoms. The molecule has 0 N–H and O–H groups in total. The maximum atomic E-state index is 5.49. The molecular weight excluding hydrogens is 272 g/mol. The Kier molecular flexibility index (Phi) is 2.59. The largest absolute Gasteiger partial charge is 0.370 e. The van der Waals surface area contributed by atoms with E-state index >= 15 is 0 Å². The molecule has 0 radical (unpaired) electrons. The van der Waals surface area contributed by atoms with Gasteiger partial charge in [0.25, 0.3) is 0 Å². The van der Waals surface area contributed by atoms with E-state index in [1.807, 2.05) is 0 Å². The Balaban J connectivity index is 1.89. The maximum Gasteiger partial charge on any atom is 0.0842 e. The number of fused-ring (bicyclic) bond motifs is 1. The van der Waals surface area contributed by atoms with Crippen molar-refractivity contribution in [2.45, 2.75) is 47.5 Å². The average Bonchev–Trinajstić information content (AvgIpc) is 2.72. The van der Waals surface area contributed by atoms with Crippen LogP contribution in [0, 0.1) is 0 Å². The zero-order valence-electron chi connectivity index (χ0n) is 6.30. The molecule has 2 fully saturated rings. The first-order valence-corrected chi connectivity index (χ1v) is 6.04. The minimum absolute atomic E-state index is 0.607. The third-order valence-electron chi connectivity index (χ3n) is 2.53. The van der Waals surface area contributed by atoms with Gasteiger partial charge in [-0.25, -0.2) is 0 Å². The van der Waals surface area contributed by atoms with E-state index in [1.54, 1.807) is 0 Å². The lowest BCUT2D eigenvalue weighted by molar-refractivity contribution is 0.358. The van der Waals surface area contributed by atoms with E-state index < -0.39 is 0 Å². The number of rotatable bonds is 0. The van der Waals surface area contributed by atoms with E-state index in [0.29, 0.717) is 21.9 Å². The molecule has 0 spiro atoms. The molecule has 64 valence electrons. The van der Waals surface area contributed by atoms with Crippen LogP contribution in [0.1, 0.15) is 25.7 Å². The third kappa shape index (κ3) is 1.99. The normalized spacial score (nSPS) is 50.7. The maximum absolute atomic E-state index is 5.49. The smallest absolute Gasteiger partial charge is 0.0842 e. The van der Waals surface area contributed by atoms with E-state index in [2.05, 4.69) is 31.9 Å². The van der Waals surface area contributed by atoms with Crippen molar-refractivity contribution in [3.63, 3.8) is 0 Å². The summed E-state index contributed by atoms with van der Waals surface area (Å²) in [6, 6.07) is 0. The summed E-state index contributed by atoms with van der Waals surface area (Å²) in [5, 5.41) is 0. The molecule has 1 saturated heterocycles. The second kappa shape index (κ2) is 3.35. The van der Waals surface area contributed by atoms with E-state index in [-0.39, 0.29) is 0 Å². The van der Waals surface area contributed by atoms with Gasteiger partial charge in [0, 0.05) is 9.65 Å². The summed E-state index contributed by atoms with van der Waals surface area (Å²) in [5.41, 5.74) is 0. The summed E-state index contributed by atoms with van der Waals surface area (Å²) in [6.07, 6.45) is 6.18. The highest BCUT2D eigenvalue weighted by atomic mass is 79.9. The fourth-order valence-electron chi connectivity index (χ4n) is 1.70. The molecule has 0 aromatic carbocycles. The fourth-order valence-corrected chi connectivity index (χ4v) is 2.75. The predicted octanol–water partition coefficient (Wildman–Crippen LogP) is 2.85. The molecule has 0 amide bonds. The van der Waals surface area contributed by atoms with Gasteiger partial charge in [0.15, 0.2) is 0 Å². The first kappa shape index (κ1) is 8.52. The molecule has 0 aromatic heterocycles. The van der Waals surface area contributed by atoms with Crippen molar-refractivity contribution in [1.29, 1.82) is 0 Å². The number of ether oxygens (including phenoxy) is 1. The highest BCUT2D eigenvalue weighted by molar-refractivity contribution is 9.12. The van der Waals surface area contributed by atoms with Crippen LogP contribution in [-0.2, 0) is 4.74 Å². The SMILES string of the molecule is Br[C@H]1CC[C@H]2O[C@@H]2CC[C@@H]1Br. The molecule has 2 aliphatic rings. The van der Waals surface area contributed by atoms with E-state index in [9.17, 15) is 0 Å². The van der Waals surface area contributed by atoms with Crippen LogP contribution in [0.4, 0.5) is 0 Å². The predicted molar refractivity (Wildman–Crippen MR) is 52.6 cm³/mol. The monoisotopic (exact) mass is 282 g/mol. The van der Waals surface area contributed by atoms with Gasteiger partial charge >= 0.3 is 0 Å². The first-order valence-electron chi connectivity index (χ1n) is 4.21. The molecule has 3 heteroatoms. The van der Waals surface area contributed by atoms with Crippen LogP contribution in [0.3, 0.4) is 0 Å². The summed E-state index contributed by atoms with van der Waals surface area (Å²) >= 11 is 7.36. The number of hydrogen-bond donors (Lipinski definition) is 0. The highest BCUT2D eigenvalue weighted by Crippen LogP contribution is 2.37. The minimum Gasteiger partial charge on any atom is -0.370 e. The Morgan fingerprint density at radius 2 is 1.27 bits per heavy atom. The Labute approximate surface area is 84.1 Å². The molecule has 0 bridgehead atoms. The van der Waals surface area contributed by atoms with Gasteiger partial charge in [-0.1, -0.05) is 31.9 Å². The lowest BCUT2D eigenvalue weighted by Crippen LogP contribution is -2.18. The van der Waals surface area contributed by atoms with Crippen LogP contribution in [-0.4, -0.2) is 21.9 Å². The van der Waals surface area contributed by atoms with Crippen LogP contribution >= 0.6 is 31.9 Å². The zero-order chi connectivity index (χ0) is 7.84. The molecule has 4 atom stereocenters. The lowest BCUT2D eigenvalue weighted by atomic mass is 10.0. The highest BCUT2D eigenvalue weighted by Gasteiger charge is 2.40. The van der Waals surface area contributed by atoms with Crippen LogP contribution in [0.5, 0.6) is 0 Å². The standard InChI is InChI=1S/C8H12Br2O/c9-5-1-3-7-8(11-7)4-2-6(5)10/h5-8H,1-4H2/t5-,6-,7+,8+/m0/s1. The molecule has 1 aliphatic carbocycles. The van der Waals surface area contributed by atoms with Crippen LogP contribution in [0.15, 0.2) is 0 Å². The van der Waals surface area contributed by atoms with Crippen LogP contribution < -0.4 is 0 Å². The Bertz CT molecular complexity index is 135. The molecular formula is C8H12Br2O. The van der Waals surface area contributed by atoms with Gasteiger partial charge in [-0.2, -0.15) is 0 Å². The zero-order valence-corrected chi connectivity index (χ0v) is 9.47. The molecule has 0 aromatic rings. The van der Waals surface area contributed by atoms with Crippen molar-refractivity contribution in [3.05, 3.63) is 0 Å². The van der Waals surface area contributed by atoms with Gasteiger partial charge in [0.1, 0.15) is 0 Å². The van der Waals surface area contributed by atoms with E-state index in [4.69, 9.17) is 4.74 Å². The van der Waals surface area contributed by atoms with Gasteiger partial charge in [0.2, 0.25) is 0 Å². The van der Waals surface area contributed by atoms with Crippen molar-refractivity contribution in [1.82, 2.24) is 0 Å². The van der Waals surface area contributed by atoms with Gasteiger partial charge in [-0.3, -0.25) is 0 Å². The molecule has 1 heterocycles. The van der Waals surface area contributed by atoms with Crippen molar-refractivity contribution >= 4 is 31.9 Å². The Morgan fingerprint density at radius 1 is 0.818 bits per heavy atom. The van der Waals surface area contributed by atoms with Crippen molar-refractivity contribution in [2.75, 3.05) is 0 Å². The van der Waals surface area contributed by atoms with Crippen molar-refractivity contribution in [2.24, 2.45) is 0 Å². The Morgan fingerprint density at radius 3 is 1.73 bits per heavy atom. The first-order chi connectivity index (χ1) is 5.27. The van der Waals surface area contributed by atoms with Gasteiger partial charge < -0.3 is 4.74 Å². The molecule has 2 rings (SSSR count). The summed E-state index contributed by atoms with van der Waals surface area (Å²) in [6.45, 7) is 0. The number of alkyl halides is 2. The number of halogens is 2. The van der Waals surface area contributed by atoms with Crippen LogP contribution in [0.25, 0.3) is 0 Å². The molecule has 0 unspecified atom stereocenters. The minimum atomic E-state index is 0.607. The second-order valence-corrected chi connectivity index (χ2v) is 5.75. The summed E-state index contributed by atoms with van der Waals surface area (Å²) < 4.78 is 5.49. The lowest BCUT2D eigenvalue weighted by Gasteiger charge is -2.17.